The molecule has 1 saturated heterocycles. The highest BCUT2D eigenvalue weighted by Gasteiger charge is 2.51. The SMILES string of the molecule is O=C(O)C1(CN2CCN(S(=O)(=O)c3cccc(Cl)c3)CC2)CC1. The molecule has 126 valence electrons. The van der Waals surface area contributed by atoms with Gasteiger partial charge in [0.15, 0.2) is 0 Å². The third-order valence-electron chi connectivity index (χ3n) is 4.60. The van der Waals surface area contributed by atoms with E-state index in [0.29, 0.717) is 50.6 Å². The molecule has 1 aromatic carbocycles. The second kappa shape index (κ2) is 6.05. The molecule has 1 aliphatic heterocycles. The van der Waals surface area contributed by atoms with Crippen molar-refractivity contribution in [2.45, 2.75) is 17.7 Å². The summed E-state index contributed by atoms with van der Waals surface area (Å²) in [4.78, 5) is 13.5. The van der Waals surface area contributed by atoms with Crippen LogP contribution in [0.4, 0.5) is 0 Å². The lowest BCUT2D eigenvalue weighted by atomic mass is 10.1. The van der Waals surface area contributed by atoms with Gasteiger partial charge in [-0.05, 0) is 31.0 Å². The number of hydrogen-bond acceptors (Lipinski definition) is 4. The van der Waals surface area contributed by atoms with E-state index in [1.165, 1.54) is 16.4 Å². The van der Waals surface area contributed by atoms with Gasteiger partial charge in [0.05, 0.1) is 10.3 Å². The molecule has 2 aliphatic rings. The van der Waals surface area contributed by atoms with Crippen LogP contribution in [0.25, 0.3) is 0 Å². The summed E-state index contributed by atoms with van der Waals surface area (Å²) >= 11 is 5.88. The first-order valence-electron chi connectivity index (χ1n) is 7.55. The lowest BCUT2D eigenvalue weighted by Gasteiger charge is -2.35. The third kappa shape index (κ3) is 3.38. The number of halogens is 1. The smallest absolute Gasteiger partial charge is 0.310 e. The van der Waals surface area contributed by atoms with E-state index in [9.17, 15) is 18.3 Å². The first kappa shape index (κ1) is 16.7. The Kier molecular flexibility index (Phi) is 4.39. The van der Waals surface area contributed by atoms with Gasteiger partial charge in [-0.3, -0.25) is 9.69 Å². The van der Waals surface area contributed by atoms with Gasteiger partial charge in [-0.2, -0.15) is 4.31 Å². The first-order valence-corrected chi connectivity index (χ1v) is 9.37. The van der Waals surface area contributed by atoms with E-state index in [4.69, 9.17) is 11.6 Å². The molecular weight excluding hydrogens is 340 g/mol. The van der Waals surface area contributed by atoms with Gasteiger partial charge < -0.3 is 5.11 Å². The normalized spacial score (nSPS) is 22.0. The highest BCUT2D eigenvalue weighted by molar-refractivity contribution is 7.89. The van der Waals surface area contributed by atoms with Crippen LogP contribution in [0.15, 0.2) is 29.2 Å². The molecular formula is C15H19ClN2O4S. The van der Waals surface area contributed by atoms with E-state index in [0.717, 1.165) is 0 Å². The zero-order chi connectivity index (χ0) is 16.7. The number of aliphatic carboxylic acids is 1. The molecule has 1 saturated carbocycles. The number of nitrogens with zero attached hydrogens (tertiary/aromatic N) is 2. The summed E-state index contributed by atoms with van der Waals surface area (Å²) in [6, 6.07) is 6.25. The summed E-state index contributed by atoms with van der Waals surface area (Å²) in [7, 11) is -3.55. The van der Waals surface area contributed by atoms with Crippen molar-refractivity contribution in [3.63, 3.8) is 0 Å². The van der Waals surface area contributed by atoms with Crippen LogP contribution in [-0.2, 0) is 14.8 Å². The number of sulfonamides is 1. The maximum Gasteiger partial charge on any atom is 0.310 e. The van der Waals surface area contributed by atoms with Crippen molar-refractivity contribution in [2.75, 3.05) is 32.7 Å². The largest absolute Gasteiger partial charge is 0.481 e. The van der Waals surface area contributed by atoms with Crippen LogP contribution in [0.1, 0.15) is 12.8 Å². The summed E-state index contributed by atoms with van der Waals surface area (Å²) in [5, 5.41) is 9.64. The Balaban J connectivity index is 1.63. The van der Waals surface area contributed by atoms with Gasteiger partial charge in [0.25, 0.3) is 0 Å². The molecule has 0 atom stereocenters. The zero-order valence-corrected chi connectivity index (χ0v) is 14.2. The predicted octanol–water partition coefficient (Wildman–Crippen LogP) is 1.51. The number of carboxylic acids is 1. The van der Waals surface area contributed by atoms with Gasteiger partial charge in [0.1, 0.15) is 0 Å². The van der Waals surface area contributed by atoms with Crippen molar-refractivity contribution in [1.29, 1.82) is 0 Å². The Morgan fingerprint density at radius 3 is 2.39 bits per heavy atom. The van der Waals surface area contributed by atoms with Crippen LogP contribution >= 0.6 is 11.6 Å². The van der Waals surface area contributed by atoms with Gasteiger partial charge in [-0.1, -0.05) is 17.7 Å². The minimum Gasteiger partial charge on any atom is -0.481 e. The Bertz CT molecular complexity index is 710. The second-order valence-electron chi connectivity index (χ2n) is 6.22. The summed E-state index contributed by atoms with van der Waals surface area (Å²) in [5.41, 5.74) is -0.603. The van der Waals surface area contributed by atoms with Crippen LogP contribution in [0.3, 0.4) is 0 Å². The highest BCUT2D eigenvalue weighted by atomic mass is 35.5. The number of piperazine rings is 1. The summed E-state index contributed by atoms with van der Waals surface area (Å²) in [6.07, 6.45) is 1.42. The summed E-state index contributed by atoms with van der Waals surface area (Å²) < 4.78 is 26.7. The molecule has 0 radical (unpaired) electrons. The molecule has 1 aliphatic carbocycles. The van der Waals surface area contributed by atoms with Crippen LogP contribution in [0.5, 0.6) is 0 Å². The zero-order valence-electron chi connectivity index (χ0n) is 12.6. The monoisotopic (exact) mass is 358 g/mol. The van der Waals surface area contributed by atoms with E-state index < -0.39 is 21.4 Å². The predicted molar refractivity (Wildman–Crippen MR) is 86.0 cm³/mol. The molecule has 8 heteroatoms. The standard InChI is InChI=1S/C15H19ClN2O4S/c16-12-2-1-3-13(10-12)23(21,22)18-8-6-17(7-9-18)11-15(4-5-15)14(19)20/h1-3,10H,4-9,11H2,(H,19,20). The van der Waals surface area contributed by atoms with Gasteiger partial charge in [-0.25, -0.2) is 8.42 Å². The molecule has 2 fully saturated rings. The van der Waals surface area contributed by atoms with Gasteiger partial charge in [-0.15, -0.1) is 0 Å². The average molecular weight is 359 g/mol. The van der Waals surface area contributed by atoms with E-state index in [2.05, 4.69) is 0 Å². The fraction of sp³-hybridized carbons (Fsp3) is 0.533. The quantitative estimate of drug-likeness (QED) is 0.863. The number of carbonyl (C=O) groups is 1. The number of carboxylic acid groups (broad SMARTS) is 1. The number of benzene rings is 1. The third-order valence-corrected chi connectivity index (χ3v) is 6.73. The molecule has 23 heavy (non-hydrogen) atoms. The van der Waals surface area contributed by atoms with Crippen molar-refractivity contribution in [3.8, 4) is 0 Å². The van der Waals surface area contributed by atoms with Gasteiger partial charge in [0.2, 0.25) is 10.0 Å². The fourth-order valence-corrected chi connectivity index (χ4v) is 4.65. The van der Waals surface area contributed by atoms with Crippen LogP contribution in [-0.4, -0.2) is 61.4 Å². The summed E-state index contributed by atoms with van der Waals surface area (Å²) in [5.74, 6) is -0.744. The molecule has 0 unspecified atom stereocenters. The number of hydrogen-bond donors (Lipinski definition) is 1. The Morgan fingerprint density at radius 1 is 1.22 bits per heavy atom. The lowest BCUT2D eigenvalue weighted by Crippen LogP contribution is -2.50. The second-order valence-corrected chi connectivity index (χ2v) is 8.60. The van der Waals surface area contributed by atoms with E-state index >= 15 is 0 Å². The Morgan fingerprint density at radius 2 is 1.87 bits per heavy atom. The minimum atomic E-state index is -3.55. The minimum absolute atomic E-state index is 0.197. The molecule has 0 amide bonds. The maximum absolute atomic E-state index is 12.6. The topological polar surface area (TPSA) is 77.9 Å². The molecule has 0 aromatic heterocycles. The van der Waals surface area contributed by atoms with Gasteiger partial charge >= 0.3 is 5.97 Å². The van der Waals surface area contributed by atoms with Crippen LogP contribution in [0, 0.1) is 5.41 Å². The lowest BCUT2D eigenvalue weighted by molar-refractivity contribution is -0.144. The Labute approximate surface area is 140 Å². The molecule has 0 spiro atoms. The molecule has 0 bridgehead atoms. The summed E-state index contributed by atoms with van der Waals surface area (Å²) in [6.45, 7) is 2.34. The molecule has 1 heterocycles. The van der Waals surface area contributed by atoms with Crippen molar-refractivity contribution in [1.82, 2.24) is 9.21 Å². The highest BCUT2D eigenvalue weighted by Crippen LogP contribution is 2.46. The van der Waals surface area contributed by atoms with Crippen LogP contribution < -0.4 is 0 Å². The molecule has 1 N–H and O–H groups in total. The van der Waals surface area contributed by atoms with E-state index in [1.54, 1.807) is 12.1 Å². The first-order chi connectivity index (χ1) is 10.8. The maximum atomic E-state index is 12.6. The van der Waals surface area contributed by atoms with Crippen molar-refractivity contribution in [2.24, 2.45) is 5.41 Å². The molecule has 3 rings (SSSR count). The van der Waals surface area contributed by atoms with E-state index in [1.807, 2.05) is 4.90 Å². The fourth-order valence-electron chi connectivity index (χ4n) is 2.92. The van der Waals surface area contributed by atoms with Gasteiger partial charge in [0, 0.05) is 37.7 Å². The molecule has 1 aromatic rings. The van der Waals surface area contributed by atoms with Crippen LogP contribution in [0.2, 0.25) is 5.02 Å². The average Bonchev–Trinajstić information content (AvgIpc) is 3.29. The Hall–Kier alpha value is -1.15. The van der Waals surface area contributed by atoms with E-state index in [-0.39, 0.29) is 4.90 Å². The van der Waals surface area contributed by atoms with Crippen molar-refractivity contribution < 1.29 is 18.3 Å². The number of rotatable bonds is 5. The van der Waals surface area contributed by atoms with Crippen molar-refractivity contribution in [3.05, 3.63) is 29.3 Å². The van der Waals surface area contributed by atoms with Crippen molar-refractivity contribution >= 4 is 27.6 Å². The molecule has 6 nitrogen and oxygen atoms in total.